The minimum atomic E-state index is 0.495. The Morgan fingerprint density at radius 1 is 0.882 bits per heavy atom. The van der Waals surface area contributed by atoms with Gasteiger partial charge in [0.15, 0.2) is 0 Å². The summed E-state index contributed by atoms with van der Waals surface area (Å²) in [6.45, 7) is 5.00. The third-order valence-corrected chi connectivity index (χ3v) is 5.66. The van der Waals surface area contributed by atoms with E-state index in [2.05, 4.69) is 13.8 Å². The van der Waals surface area contributed by atoms with Crippen molar-refractivity contribution < 1.29 is 0 Å². The first-order valence-corrected chi connectivity index (χ1v) is 7.86. The first-order valence-electron chi connectivity index (χ1n) is 7.86. The lowest BCUT2D eigenvalue weighted by Crippen LogP contribution is -2.33. The second-order valence-corrected chi connectivity index (χ2v) is 7.16. The summed E-state index contributed by atoms with van der Waals surface area (Å²) in [5, 5.41) is 0. The zero-order valence-electron chi connectivity index (χ0n) is 11.9. The largest absolute Gasteiger partial charge is 0.328 e. The van der Waals surface area contributed by atoms with Gasteiger partial charge in [-0.15, -0.1) is 0 Å². The third kappa shape index (κ3) is 3.47. The van der Waals surface area contributed by atoms with Crippen LogP contribution in [0.4, 0.5) is 0 Å². The molecule has 1 nitrogen and oxygen atoms in total. The minimum absolute atomic E-state index is 0.495. The van der Waals surface area contributed by atoms with Crippen LogP contribution in [0.1, 0.15) is 78.1 Å². The molecule has 0 aromatic heterocycles. The van der Waals surface area contributed by atoms with Crippen LogP contribution in [-0.4, -0.2) is 6.04 Å². The Balaban J connectivity index is 1.91. The van der Waals surface area contributed by atoms with Crippen LogP contribution in [0.5, 0.6) is 0 Å². The van der Waals surface area contributed by atoms with Crippen LogP contribution in [-0.2, 0) is 0 Å². The first kappa shape index (κ1) is 13.4. The molecular formula is C16H31N. The molecule has 0 spiro atoms. The third-order valence-electron chi connectivity index (χ3n) is 5.66. The molecule has 0 aromatic rings. The smallest absolute Gasteiger partial charge is 0.00388 e. The molecule has 0 aromatic carbocycles. The van der Waals surface area contributed by atoms with Crippen LogP contribution in [0.2, 0.25) is 0 Å². The van der Waals surface area contributed by atoms with Crippen molar-refractivity contribution in [2.24, 2.45) is 23.0 Å². The van der Waals surface area contributed by atoms with Gasteiger partial charge in [0.1, 0.15) is 0 Å². The summed E-state index contributed by atoms with van der Waals surface area (Å²) in [5.74, 6) is 1.97. The van der Waals surface area contributed by atoms with Gasteiger partial charge in [0.05, 0.1) is 0 Å². The summed E-state index contributed by atoms with van der Waals surface area (Å²) < 4.78 is 0. The summed E-state index contributed by atoms with van der Waals surface area (Å²) in [6.07, 6.45) is 14.0. The fourth-order valence-electron chi connectivity index (χ4n) is 4.07. The van der Waals surface area contributed by atoms with Gasteiger partial charge in [0.2, 0.25) is 0 Å². The monoisotopic (exact) mass is 237 g/mol. The standard InChI is InChI=1S/C16H31N/c1-13-9-11-16(2,12-10-13)14-5-3-7-15(17)8-4-6-14/h13-15H,3-12,17H2,1-2H3. The van der Waals surface area contributed by atoms with Gasteiger partial charge in [-0.05, 0) is 55.8 Å². The van der Waals surface area contributed by atoms with Crippen LogP contribution in [0, 0.1) is 17.3 Å². The van der Waals surface area contributed by atoms with Gasteiger partial charge in [-0.2, -0.15) is 0 Å². The van der Waals surface area contributed by atoms with E-state index in [4.69, 9.17) is 5.73 Å². The predicted octanol–water partition coefficient (Wildman–Crippen LogP) is 4.50. The van der Waals surface area contributed by atoms with E-state index in [0.717, 1.165) is 11.8 Å². The summed E-state index contributed by atoms with van der Waals surface area (Å²) in [6, 6.07) is 0.495. The zero-order valence-corrected chi connectivity index (χ0v) is 11.9. The van der Waals surface area contributed by atoms with Crippen molar-refractivity contribution in [3.63, 3.8) is 0 Å². The molecule has 2 aliphatic rings. The highest BCUT2D eigenvalue weighted by Crippen LogP contribution is 2.48. The molecule has 1 heteroatoms. The van der Waals surface area contributed by atoms with Gasteiger partial charge in [-0.1, -0.05) is 39.5 Å². The van der Waals surface area contributed by atoms with Crippen molar-refractivity contribution >= 4 is 0 Å². The van der Waals surface area contributed by atoms with Crippen molar-refractivity contribution in [2.75, 3.05) is 0 Å². The summed E-state index contributed by atoms with van der Waals surface area (Å²) in [5.41, 5.74) is 6.74. The molecule has 0 aliphatic heterocycles. The lowest BCUT2D eigenvalue weighted by molar-refractivity contribution is 0.0766. The maximum absolute atomic E-state index is 6.08. The maximum atomic E-state index is 6.08. The molecule has 0 atom stereocenters. The minimum Gasteiger partial charge on any atom is -0.328 e. The molecule has 0 heterocycles. The molecule has 2 rings (SSSR count). The van der Waals surface area contributed by atoms with Gasteiger partial charge in [0, 0.05) is 6.04 Å². The molecule has 17 heavy (non-hydrogen) atoms. The van der Waals surface area contributed by atoms with Crippen molar-refractivity contribution in [2.45, 2.75) is 84.1 Å². The molecular weight excluding hydrogens is 206 g/mol. The fraction of sp³-hybridized carbons (Fsp3) is 1.00. The highest BCUT2D eigenvalue weighted by atomic mass is 14.6. The summed E-state index contributed by atoms with van der Waals surface area (Å²) >= 11 is 0. The van der Waals surface area contributed by atoms with Gasteiger partial charge in [0.25, 0.3) is 0 Å². The summed E-state index contributed by atoms with van der Waals surface area (Å²) in [7, 11) is 0. The van der Waals surface area contributed by atoms with E-state index >= 15 is 0 Å². The van der Waals surface area contributed by atoms with Crippen molar-refractivity contribution in [3.8, 4) is 0 Å². The van der Waals surface area contributed by atoms with Crippen LogP contribution < -0.4 is 5.73 Å². The molecule has 2 aliphatic carbocycles. The second kappa shape index (κ2) is 5.73. The van der Waals surface area contributed by atoms with Gasteiger partial charge < -0.3 is 5.73 Å². The molecule has 2 fully saturated rings. The Kier molecular flexibility index (Phi) is 4.52. The first-order chi connectivity index (χ1) is 8.10. The number of hydrogen-bond acceptors (Lipinski definition) is 1. The van der Waals surface area contributed by atoms with Gasteiger partial charge in [-0.25, -0.2) is 0 Å². The van der Waals surface area contributed by atoms with Crippen molar-refractivity contribution in [1.82, 2.24) is 0 Å². The van der Waals surface area contributed by atoms with Gasteiger partial charge >= 0.3 is 0 Å². The zero-order chi connectivity index (χ0) is 12.3. The van der Waals surface area contributed by atoms with E-state index in [-0.39, 0.29) is 0 Å². The van der Waals surface area contributed by atoms with Crippen LogP contribution >= 0.6 is 0 Å². The Morgan fingerprint density at radius 3 is 1.94 bits per heavy atom. The maximum Gasteiger partial charge on any atom is 0.00388 e. The van der Waals surface area contributed by atoms with E-state index in [1.54, 1.807) is 0 Å². The Bertz CT molecular complexity index is 218. The van der Waals surface area contributed by atoms with E-state index < -0.39 is 0 Å². The quantitative estimate of drug-likeness (QED) is 0.714. The average Bonchev–Trinajstić information content (AvgIpc) is 2.27. The lowest BCUT2D eigenvalue weighted by atomic mass is 9.62. The lowest BCUT2D eigenvalue weighted by Gasteiger charge is -2.44. The van der Waals surface area contributed by atoms with Crippen molar-refractivity contribution in [3.05, 3.63) is 0 Å². The SMILES string of the molecule is CC1CCC(C)(C2CCCC(N)CCC2)CC1. The molecule has 0 amide bonds. The highest BCUT2D eigenvalue weighted by molar-refractivity contribution is 4.88. The normalized spacial score (nSPS) is 45.0. The number of rotatable bonds is 1. The molecule has 0 radical (unpaired) electrons. The van der Waals surface area contributed by atoms with E-state index in [9.17, 15) is 0 Å². The summed E-state index contributed by atoms with van der Waals surface area (Å²) in [4.78, 5) is 0. The molecule has 100 valence electrons. The van der Waals surface area contributed by atoms with Crippen LogP contribution in [0.3, 0.4) is 0 Å². The van der Waals surface area contributed by atoms with Crippen LogP contribution in [0.25, 0.3) is 0 Å². The molecule has 2 saturated carbocycles. The predicted molar refractivity (Wildman–Crippen MR) is 74.9 cm³/mol. The Hall–Kier alpha value is -0.0400. The van der Waals surface area contributed by atoms with E-state index in [1.165, 1.54) is 64.2 Å². The highest BCUT2D eigenvalue weighted by Gasteiger charge is 2.36. The molecule has 0 saturated heterocycles. The van der Waals surface area contributed by atoms with Crippen molar-refractivity contribution in [1.29, 1.82) is 0 Å². The number of hydrogen-bond donors (Lipinski definition) is 1. The fourth-order valence-corrected chi connectivity index (χ4v) is 4.07. The van der Waals surface area contributed by atoms with Crippen LogP contribution in [0.15, 0.2) is 0 Å². The molecule has 0 bridgehead atoms. The molecule has 0 unspecified atom stereocenters. The topological polar surface area (TPSA) is 26.0 Å². The Labute approximate surface area is 108 Å². The molecule has 2 N–H and O–H groups in total. The average molecular weight is 237 g/mol. The Morgan fingerprint density at radius 2 is 1.41 bits per heavy atom. The second-order valence-electron chi connectivity index (χ2n) is 7.16. The number of nitrogens with two attached hydrogens (primary N) is 1. The van der Waals surface area contributed by atoms with E-state index in [0.29, 0.717) is 11.5 Å². The van der Waals surface area contributed by atoms with Gasteiger partial charge in [-0.3, -0.25) is 0 Å². The van der Waals surface area contributed by atoms with E-state index in [1.807, 2.05) is 0 Å².